The first-order valence-electron chi connectivity index (χ1n) is 8.37. The van der Waals surface area contributed by atoms with Gasteiger partial charge in [-0.25, -0.2) is 0 Å². The number of esters is 1. The second-order valence-electron chi connectivity index (χ2n) is 5.70. The van der Waals surface area contributed by atoms with Crippen LogP contribution in [0, 0.1) is 5.92 Å². The fourth-order valence-corrected chi connectivity index (χ4v) is 2.23. The van der Waals surface area contributed by atoms with Crippen LogP contribution in [-0.2, 0) is 20.7 Å². The Morgan fingerprint density at radius 1 is 1.18 bits per heavy atom. The van der Waals surface area contributed by atoms with Gasteiger partial charge < -0.3 is 9.15 Å². The lowest BCUT2D eigenvalue weighted by molar-refractivity contribution is -0.151. The maximum Gasteiger partial charge on any atom is 0.316 e. The van der Waals surface area contributed by atoms with E-state index in [1.807, 2.05) is 6.07 Å². The highest BCUT2D eigenvalue weighted by atomic mass is 16.5. The number of carbonyl (C=O) groups excluding carboxylic acids is 2. The van der Waals surface area contributed by atoms with Gasteiger partial charge in [-0.1, -0.05) is 39.0 Å². The molecule has 0 fully saturated rings. The molecule has 1 atom stereocenters. The molecule has 1 rings (SSSR count). The highest BCUT2D eigenvalue weighted by Crippen LogP contribution is 2.10. The average Bonchev–Trinajstić information content (AvgIpc) is 3.04. The molecule has 0 N–H and O–H groups in total. The second kappa shape index (κ2) is 11.0. The first-order chi connectivity index (χ1) is 10.6. The summed E-state index contributed by atoms with van der Waals surface area (Å²) in [7, 11) is 0. The van der Waals surface area contributed by atoms with E-state index in [1.54, 1.807) is 19.3 Å². The molecule has 4 nitrogen and oxygen atoms in total. The lowest BCUT2D eigenvalue weighted by Crippen LogP contribution is -2.24. The quantitative estimate of drug-likeness (QED) is 0.328. The van der Waals surface area contributed by atoms with Gasteiger partial charge in [0.25, 0.3) is 0 Å². The third-order valence-corrected chi connectivity index (χ3v) is 3.78. The summed E-state index contributed by atoms with van der Waals surface area (Å²) in [5.74, 6) is -0.418. The summed E-state index contributed by atoms with van der Waals surface area (Å²) in [4.78, 5) is 23.8. The van der Waals surface area contributed by atoms with Gasteiger partial charge >= 0.3 is 5.97 Å². The maximum absolute atomic E-state index is 11.9. The van der Waals surface area contributed by atoms with Crippen LogP contribution in [0.2, 0.25) is 0 Å². The van der Waals surface area contributed by atoms with Gasteiger partial charge in [-0.15, -0.1) is 0 Å². The van der Waals surface area contributed by atoms with Crippen molar-refractivity contribution in [2.24, 2.45) is 5.92 Å². The molecule has 0 saturated carbocycles. The van der Waals surface area contributed by atoms with Gasteiger partial charge in [-0.3, -0.25) is 9.59 Å². The van der Waals surface area contributed by atoms with E-state index in [9.17, 15) is 9.59 Å². The molecule has 0 radical (unpaired) electrons. The van der Waals surface area contributed by atoms with Crippen molar-refractivity contribution in [1.82, 2.24) is 0 Å². The number of furan rings is 1. The van der Waals surface area contributed by atoms with Gasteiger partial charge in [0.05, 0.1) is 12.9 Å². The summed E-state index contributed by atoms with van der Waals surface area (Å²) in [6.45, 7) is 4.22. The zero-order valence-corrected chi connectivity index (χ0v) is 13.8. The second-order valence-corrected chi connectivity index (χ2v) is 5.70. The Morgan fingerprint density at radius 2 is 1.91 bits per heavy atom. The number of unbranched alkanes of at least 4 members (excludes halogenated alkanes) is 5. The fraction of sp³-hybridized carbons (Fsp3) is 0.667. The number of Topliss-reactive ketones (excluding diaryl/α,β-unsaturated/α-hetero) is 1. The molecule has 0 aliphatic heterocycles. The molecule has 1 unspecified atom stereocenters. The zero-order valence-electron chi connectivity index (χ0n) is 13.8. The summed E-state index contributed by atoms with van der Waals surface area (Å²) < 4.78 is 10.4. The van der Waals surface area contributed by atoms with Crippen LogP contribution in [0.25, 0.3) is 0 Å². The summed E-state index contributed by atoms with van der Waals surface area (Å²) in [5, 5.41) is 0. The summed E-state index contributed by atoms with van der Waals surface area (Å²) >= 11 is 0. The Balaban J connectivity index is 2.11. The lowest BCUT2D eigenvalue weighted by atomic mass is 10.0. The number of hydrogen-bond acceptors (Lipinski definition) is 4. The number of carbonyl (C=O) groups is 2. The molecule has 0 saturated heterocycles. The minimum Gasteiger partial charge on any atom is -0.469 e. The van der Waals surface area contributed by atoms with Crippen LogP contribution in [0.3, 0.4) is 0 Å². The van der Waals surface area contributed by atoms with E-state index < -0.39 is 11.9 Å². The molecular weight excluding hydrogens is 280 g/mol. The van der Waals surface area contributed by atoms with Crippen molar-refractivity contribution in [3.63, 3.8) is 0 Å². The Bertz CT molecular complexity index is 422. The smallest absolute Gasteiger partial charge is 0.316 e. The normalized spacial score (nSPS) is 12.1. The van der Waals surface area contributed by atoms with E-state index in [4.69, 9.17) is 9.15 Å². The topological polar surface area (TPSA) is 56.5 Å². The van der Waals surface area contributed by atoms with Gasteiger partial charge in [0, 0.05) is 12.8 Å². The molecule has 0 spiro atoms. The third kappa shape index (κ3) is 7.43. The van der Waals surface area contributed by atoms with Gasteiger partial charge in [-0.05, 0) is 25.5 Å². The van der Waals surface area contributed by atoms with Crippen molar-refractivity contribution in [3.8, 4) is 0 Å². The van der Waals surface area contributed by atoms with Crippen LogP contribution in [0.4, 0.5) is 0 Å². The summed E-state index contributed by atoms with van der Waals surface area (Å²) in [6, 6.07) is 3.62. The number of aryl methyl sites for hydroxylation is 1. The molecule has 4 heteroatoms. The molecule has 0 aliphatic rings. The molecule has 1 aromatic rings. The Labute approximate surface area is 133 Å². The third-order valence-electron chi connectivity index (χ3n) is 3.78. The fourth-order valence-electron chi connectivity index (χ4n) is 2.23. The van der Waals surface area contributed by atoms with Crippen molar-refractivity contribution in [3.05, 3.63) is 24.2 Å². The maximum atomic E-state index is 11.9. The minimum atomic E-state index is -0.685. The molecule has 1 aromatic heterocycles. The van der Waals surface area contributed by atoms with Crippen LogP contribution >= 0.6 is 0 Å². The SMILES string of the molecule is CCCCCCCCOC(=O)C(C)C(=O)CCc1ccco1. The van der Waals surface area contributed by atoms with Crippen molar-refractivity contribution in [2.45, 2.75) is 65.2 Å². The average molecular weight is 308 g/mol. The van der Waals surface area contributed by atoms with E-state index in [0.717, 1.165) is 18.6 Å². The predicted molar refractivity (Wildman–Crippen MR) is 85.5 cm³/mol. The highest BCUT2D eigenvalue weighted by molar-refractivity contribution is 5.98. The Kier molecular flexibility index (Phi) is 9.28. The van der Waals surface area contributed by atoms with Crippen LogP contribution in [0.1, 0.15) is 64.6 Å². The standard InChI is InChI=1S/C18H28O4/c1-3-4-5-6-7-8-13-22-18(20)15(2)17(19)12-11-16-10-9-14-21-16/h9-10,14-15H,3-8,11-13H2,1-2H3. The molecule has 124 valence electrons. The van der Waals surface area contributed by atoms with E-state index in [0.29, 0.717) is 19.4 Å². The van der Waals surface area contributed by atoms with Crippen LogP contribution in [0.5, 0.6) is 0 Å². The molecule has 22 heavy (non-hydrogen) atoms. The first-order valence-corrected chi connectivity index (χ1v) is 8.37. The minimum absolute atomic E-state index is 0.0932. The highest BCUT2D eigenvalue weighted by Gasteiger charge is 2.22. The van der Waals surface area contributed by atoms with Crippen LogP contribution < -0.4 is 0 Å². The number of rotatable bonds is 12. The molecule has 0 aromatic carbocycles. The molecule has 0 bridgehead atoms. The van der Waals surface area contributed by atoms with Gasteiger partial charge in [-0.2, -0.15) is 0 Å². The van der Waals surface area contributed by atoms with Crippen molar-refractivity contribution < 1.29 is 18.7 Å². The van der Waals surface area contributed by atoms with Crippen LogP contribution in [0.15, 0.2) is 22.8 Å². The number of ketones is 1. The van der Waals surface area contributed by atoms with Gasteiger partial charge in [0.1, 0.15) is 17.5 Å². The van der Waals surface area contributed by atoms with Crippen molar-refractivity contribution >= 4 is 11.8 Å². The predicted octanol–water partition coefficient (Wildman–Crippen LogP) is 4.32. The number of hydrogen-bond donors (Lipinski definition) is 0. The molecule has 1 heterocycles. The zero-order chi connectivity index (χ0) is 16.2. The van der Waals surface area contributed by atoms with Crippen LogP contribution in [-0.4, -0.2) is 18.4 Å². The summed E-state index contributed by atoms with van der Waals surface area (Å²) in [5.41, 5.74) is 0. The van der Waals surface area contributed by atoms with E-state index >= 15 is 0 Å². The lowest BCUT2D eigenvalue weighted by Gasteiger charge is -2.10. The van der Waals surface area contributed by atoms with E-state index in [1.165, 1.54) is 25.7 Å². The van der Waals surface area contributed by atoms with Crippen molar-refractivity contribution in [1.29, 1.82) is 0 Å². The largest absolute Gasteiger partial charge is 0.469 e. The van der Waals surface area contributed by atoms with E-state index in [2.05, 4.69) is 6.92 Å². The monoisotopic (exact) mass is 308 g/mol. The Morgan fingerprint density at radius 3 is 2.59 bits per heavy atom. The van der Waals surface area contributed by atoms with E-state index in [-0.39, 0.29) is 5.78 Å². The van der Waals surface area contributed by atoms with Gasteiger partial charge in [0.2, 0.25) is 0 Å². The van der Waals surface area contributed by atoms with Gasteiger partial charge in [0.15, 0.2) is 0 Å². The molecule has 0 amide bonds. The van der Waals surface area contributed by atoms with Crippen molar-refractivity contribution in [2.75, 3.05) is 6.61 Å². The Hall–Kier alpha value is -1.58. The molecular formula is C18H28O4. The number of ether oxygens (including phenoxy) is 1. The molecule has 0 aliphatic carbocycles. The summed E-state index contributed by atoms with van der Waals surface area (Å²) in [6.07, 6.45) is 9.29. The first kappa shape index (κ1) is 18.5.